The summed E-state index contributed by atoms with van der Waals surface area (Å²) in [5, 5.41) is 6.18. The second kappa shape index (κ2) is 9.12. The molecule has 0 radical (unpaired) electrons. The Labute approximate surface area is 156 Å². The maximum absolute atomic E-state index is 12.2. The van der Waals surface area contributed by atoms with Crippen LogP contribution < -0.4 is 20.1 Å². The minimum absolute atomic E-state index is 0.0327. The molecular weight excluding hydrogens is 330 g/mol. The Balaban J connectivity index is 1.38. The van der Waals surface area contributed by atoms with Gasteiger partial charge in [-0.25, -0.2) is 4.79 Å². The van der Waals surface area contributed by atoms with Gasteiger partial charge in [0.15, 0.2) is 11.5 Å². The first kappa shape index (κ1) is 18.8. The molecule has 0 bridgehead atoms. The highest BCUT2D eigenvalue weighted by Gasteiger charge is 2.36. The van der Waals surface area contributed by atoms with E-state index in [1.54, 1.807) is 14.2 Å². The zero-order chi connectivity index (χ0) is 18.4. The lowest BCUT2D eigenvalue weighted by Gasteiger charge is -2.32. The van der Waals surface area contributed by atoms with Crippen LogP contribution in [0.2, 0.25) is 0 Å². The Bertz CT molecular complexity index is 608. The van der Waals surface area contributed by atoms with Crippen LogP contribution in [-0.2, 0) is 6.42 Å². The van der Waals surface area contributed by atoms with Gasteiger partial charge < -0.3 is 20.1 Å². The molecule has 0 saturated carbocycles. The molecule has 26 heavy (non-hydrogen) atoms. The predicted octanol–water partition coefficient (Wildman–Crippen LogP) is 2.56. The molecule has 2 heterocycles. The third-order valence-corrected chi connectivity index (χ3v) is 5.55. The predicted molar refractivity (Wildman–Crippen MR) is 102 cm³/mol. The van der Waals surface area contributed by atoms with E-state index in [4.69, 9.17) is 9.47 Å². The molecule has 1 aromatic carbocycles. The molecule has 2 fully saturated rings. The van der Waals surface area contributed by atoms with E-state index in [1.807, 2.05) is 18.2 Å². The number of hydrogen-bond acceptors (Lipinski definition) is 4. The van der Waals surface area contributed by atoms with Gasteiger partial charge in [0.2, 0.25) is 0 Å². The molecule has 0 aromatic heterocycles. The van der Waals surface area contributed by atoms with Crippen molar-refractivity contribution in [1.29, 1.82) is 0 Å². The normalized spacial score (nSPS) is 22.5. The second-order valence-electron chi connectivity index (χ2n) is 7.19. The van der Waals surface area contributed by atoms with Gasteiger partial charge in [0.25, 0.3) is 0 Å². The van der Waals surface area contributed by atoms with Gasteiger partial charge >= 0.3 is 6.03 Å². The molecule has 2 aliphatic rings. The number of methoxy groups -OCH3 is 2. The van der Waals surface area contributed by atoms with Crippen molar-refractivity contribution in [2.75, 3.05) is 33.9 Å². The Morgan fingerprint density at radius 1 is 1.15 bits per heavy atom. The number of carbonyl (C=O) groups excluding carboxylic acids is 1. The molecule has 2 N–H and O–H groups in total. The van der Waals surface area contributed by atoms with E-state index < -0.39 is 0 Å². The molecule has 144 valence electrons. The highest BCUT2D eigenvalue weighted by atomic mass is 16.5. The molecule has 3 rings (SSSR count). The quantitative estimate of drug-likeness (QED) is 0.733. The Hall–Kier alpha value is -1.95. The minimum Gasteiger partial charge on any atom is -0.493 e. The molecule has 1 aromatic rings. The van der Waals surface area contributed by atoms with Gasteiger partial charge in [-0.3, -0.25) is 4.90 Å². The van der Waals surface area contributed by atoms with E-state index in [1.165, 1.54) is 31.4 Å². The number of piperidine rings is 1. The fraction of sp³-hybridized carbons (Fsp3) is 0.650. The monoisotopic (exact) mass is 361 g/mol. The van der Waals surface area contributed by atoms with E-state index >= 15 is 0 Å². The fourth-order valence-electron chi connectivity index (χ4n) is 4.17. The first-order valence-corrected chi connectivity index (χ1v) is 9.70. The van der Waals surface area contributed by atoms with Gasteiger partial charge in [0.05, 0.1) is 14.2 Å². The van der Waals surface area contributed by atoms with Crippen molar-refractivity contribution in [3.8, 4) is 11.5 Å². The van der Waals surface area contributed by atoms with Crippen LogP contribution >= 0.6 is 0 Å². The van der Waals surface area contributed by atoms with Crippen LogP contribution in [0, 0.1) is 0 Å². The van der Waals surface area contributed by atoms with Crippen LogP contribution in [0.15, 0.2) is 18.2 Å². The molecule has 0 unspecified atom stereocenters. The van der Waals surface area contributed by atoms with Gasteiger partial charge in [-0.2, -0.15) is 0 Å². The van der Waals surface area contributed by atoms with Gasteiger partial charge in [-0.15, -0.1) is 0 Å². The second-order valence-corrected chi connectivity index (χ2v) is 7.19. The van der Waals surface area contributed by atoms with E-state index in [0.29, 0.717) is 18.6 Å². The molecule has 2 aliphatic heterocycles. The number of hydrogen-bond donors (Lipinski definition) is 2. The number of fused-ring (bicyclic) bond motifs is 1. The summed E-state index contributed by atoms with van der Waals surface area (Å²) in [7, 11) is 3.28. The maximum atomic E-state index is 12.2. The third kappa shape index (κ3) is 4.61. The molecule has 6 nitrogen and oxygen atoms in total. The molecular formula is C20H31N3O3. The summed E-state index contributed by atoms with van der Waals surface area (Å²) in [5.74, 6) is 1.48. The van der Waals surface area contributed by atoms with Crippen molar-refractivity contribution in [2.45, 2.75) is 50.6 Å². The fourth-order valence-corrected chi connectivity index (χ4v) is 4.17. The van der Waals surface area contributed by atoms with Gasteiger partial charge in [0, 0.05) is 25.2 Å². The Morgan fingerprint density at radius 2 is 2.00 bits per heavy atom. The topological polar surface area (TPSA) is 62.8 Å². The highest BCUT2D eigenvalue weighted by Crippen LogP contribution is 2.28. The first-order chi connectivity index (χ1) is 12.7. The average molecular weight is 361 g/mol. The number of benzene rings is 1. The first-order valence-electron chi connectivity index (χ1n) is 9.70. The number of aryl methyl sites for hydroxylation is 1. The minimum atomic E-state index is -0.0327. The number of carbonyl (C=O) groups is 1. The van der Waals surface area contributed by atoms with Crippen LogP contribution in [0.25, 0.3) is 0 Å². The summed E-state index contributed by atoms with van der Waals surface area (Å²) < 4.78 is 10.6. The molecule has 0 spiro atoms. The lowest BCUT2D eigenvalue weighted by atomic mass is 9.99. The summed E-state index contributed by atoms with van der Waals surface area (Å²) in [6.45, 7) is 2.98. The van der Waals surface area contributed by atoms with Crippen molar-refractivity contribution in [2.24, 2.45) is 0 Å². The standard InChI is InChI=1S/C20H31N3O3/c1-25-18-9-8-15(14-19(18)26-2)6-5-11-21-20(24)22-16-10-13-23-12-4-3-7-17(16)23/h8-9,14,16-17H,3-7,10-13H2,1-2H3,(H2,21,22,24)/t16-,17-/m1/s1. The summed E-state index contributed by atoms with van der Waals surface area (Å²) in [6, 6.07) is 6.77. The van der Waals surface area contributed by atoms with Crippen molar-refractivity contribution in [1.82, 2.24) is 15.5 Å². The van der Waals surface area contributed by atoms with E-state index in [0.717, 1.165) is 37.3 Å². The van der Waals surface area contributed by atoms with Crippen LogP contribution in [0.1, 0.15) is 37.7 Å². The van der Waals surface area contributed by atoms with Crippen LogP contribution in [0.5, 0.6) is 11.5 Å². The van der Waals surface area contributed by atoms with Crippen molar-refractivity contribution in [3.05, 3.63) is 23.8 Å². The zero-order valence-corrected chi connectivity index (χ0v) is 15.9. The molecule has 2 saturated heterocycles. The number of amides is 2. The number of urea groups is 1. The molecule has 6 heteroatoms. The van der Waals surface area contributed by atoms with Gasteiger partial charge in [-0.05, 0) is 56.3 Å². The lowest BCUT2D eigenvalue weighted by molar-refractivity contribution is 0.179. The van der Waals surface area contributed by atoms with E-state index in [-0.39, 0.29) is 6.03 Å². The van der Waals surface area contributed by atoms with Gasteiger partial charge in [-0.1, -0.05) is 12.5 Å². The Kier molecular flexibility index (Phi) is 6.61. The third-order valence-electron chi connectivity index (χ3n) is 5.55. The van der Waals surface area contributed by atoms with E-state index in [9.17, 15) is 4.79 Å². The smallest absolute Gasteiger partial charge is 0.315 e. The average Bonchev–Trinajstić information content (AvgIpc) is 3.08. The lowest BCUT2D eigenvalue weighted by Crippen LogP contribution is -2.49. The van der Waals surface area contributed by atoms with Crippen LogP contribution in [0.4, 0.5) is 4.79 Å². The van der Waals surface area contributed by atoms with Crippen molar-refractivity contribution >= 4 is 6.03 Å². The number of nitrogens with zero attached hydrogens (tertiary/aromatic N) is 1. The highest BCUT2D eigenvalue weighted by molar-refractivity contribution is 5.74. The SMILES string of the molecule is COc1ccc(CCCNC(=O)N[C@@H]2CCN3CCCC[C@H]23)cc1OC. The number of ether oxygens (including phenoxy) is 2. The van der Waals surface area contributed by atoms with Gasteiger partial charge in [0.1, 0.15) is 0 Å². The van der Waals surface area contributed by atoms with Crippen LogP contribution in [-0.4, -0.2) is 56.9 Å². The summed E-state index contributed by atoms with van der Waals surface area (Å²) in [4.78, 5) is 14.7. The molecule has 2 atom stereocenters. The van der Waals surface area contributed by atoms with Crippen molar-refractivity contribution in [3.63, 3.8) is 0 Å². The molecule has 0 aliphatic carbocycles. The summed E-state index contributed by atoms with van der Waals surface area (Å²) in [6.07, 6.45) is 6.65. The largest absolute Gasteiger partial charge is 0.493 e. The Morgan fingerprint density at radius 3 is 2.81 bits per heavy atom. The van der Waals surface area contributed by atoms with Crippen molar-refractivity contribution < 1.29 is 14.3 Å². The zero-order valence-electron chi connectivity index (χ0n) is 15.9. The molecule has 2 amide bonds. The maximum Gasteiger partial charge on any atom is 0.315 e. The number of nitrogens with one attached hydrogen (secondary N) is 2. The number of rotatable bonds is 7. The summed E-state index contributed by atoms with van der Waals surface area (Å²) in [5.41, 5.74) is 1.18. The summed E-state index contributed by atoms with van der Waals surface area (Å²) >= 11 is 0. The van der Waals surface area contributed by atoms with E-state index in [2.05, 4.69) is 15.5 Å². The van der Waals surface area contributed by atoms with Crippen LogP contribution in [0.3, 0.4) is 0 Å².